The molecule has 5 nitrogen and oxygen atoms in total. The fourth-order valence-corrected chi connectivity index (χ4v) is 6.27. The van der Waals surface area contributed by atoms with Gasteiger partial charge in [0.2, 0.25) is 10.0 Å². The van der Waals surface area contributed by atoms with Gasteiger partial charge in [-0.1, -0.05) is 19.9 Å². The van der Waals surface area contributed by atoms with Crippen LogP contribution in [0.5, 0.6) is 0 Å². The Labute approximate surface area is 133 Å². The highest BCUT2D eigenvalue weighted by Crippen LogP contribution is 2.27. The molecule has 0 amide bonds. The minimum absolute atomic E-state index is 0.0513. The number of nitrogens with zero attached hydrogens (tertiary/aromatic N) is 1. The van der Waals surface area contributed by atoms with E-state index in [9.17, 15) is 16.8 Å². The largest absolute Gasteiger partial charge is 0.243 e. The SMILES string of the molecule is Cc1ccc(S(=O)(=O)N2CC(S(=O)(=O)CC(C)C)C2)cc1C. The van der Waals surface area contributed by atoms with Gasteiger partial charge in [0.25, 0.3) is 0 Å². The summed E-state index contributed by atoms with van der Waals surface area (Å²) in [6.45, 7) is 7.60. The molecule has 1 aliphatic rings. The highest BCUT2D eigenvalue weighted by molar-refractivity contribution is 7.92. The molecular formula is C15H23NO4S2. The summed E-state index contributed by atoms with van der Waals surface area (Å²) in [5.74, 6) is 0.158. The van der Waals surface area contributed by atoms with Gasteiger partial charge < -0.3 is 0 Å². The second kappa shape index (κ2) is 5.94. The fraction of sp³-hybridized carbons (Fsp3) is 0.600. The number of rotatable bonds is 5. The van der Waals surface area contributed by atoms with Crippen LogP contribution in [0, 0.1) is 19.8 Å². The molecule has 22 heavy (non-hydrogen) atoms. The molecule has 0 spiro atoms. The number of sulfone groups is 1. The minimum atomic E-state index is -3.59. The Kier molecular flexibility index (Phi) is 4.71. The Morgan fingerprint density at radius 1 is 1.09 bits per heavy atom. The Bertz CT molecular complexity index is 761. The second-order valence-corrected chi connectivity index (χ2v) is 10.7. The summed E-state index contributed by atoms with van der Waals surface area (Å²) in [5, 5.41) is -0.573. The summed E-state index contributed by atoms with van der Waals surface area (Å²) in [4.78, 5) is 0.232. The first kappa shape index (κ1) is 17.4. The van der Waals surface area contributed by atoms with Crippen LogP contribution in [0.15, 0.2) is 23.1 Å². The van der Waals surface area contributed by atoms with E-state index in [2.05, 4.69) is 0 Å². The van der Waals surface area contributed by atoms with E-state index in [0.717, 1.165) is 11.1 Å². The highest BCUT2D eigenvalue weighted by atomic mass is 32.2. The molecule has 124 valence electrons. The van der Waals surface area contributed by atoms with E-state index in [1.165, 1.54) is 4.31 Å². The molecule has 0 aliphatic carbocycles. The van der Waals surface area contributed by atoms with Crippen molar-refractivity contribution in [1.82, 2.24) is 4.31 Å². The zero-order valence-electron chi connectivity index (χ0n) is 13.4. The van der Waals surface area contributed by atoms with Crippen molar-refractivity contribution in [2.75, 3.05) is 18.8 Å². The maximum absolute atomic E-state index is 12.5. The first-order chi connectivity index (χ1) is 10.0. The van der Waals surface area contributed by atoms with Crippen LogP contribution in [0.2, 0.25) is 0 Å². The van der Waals surface area contributed by atoms with E-state index in [1.54, 1.807) is 18.2 Å². The zero-order valence-corrected chi connectivity index (χ0v) is 15.0. The molecule has 1 heterocycles. The number of aryl methyl sites for hydroxylation is 2. The summed E-state index contributed by atoms with van der Waals surface area (Å²) in [6, 6.07) is 4.99. The summed E-state index contributed by atoms with van der Waals surface area (Å²) < 4.78 is 50.5. The molecule has 1 aromatic carbocycles. The lowest BCUT2D eigenvalue weighted by atomic mass is 10.1. The Balaban J connectivity index is 2.13. The average Bonchev–Trinajstić information content (AvgIpc) is 2.27. The van der Waals surface area contributed by atoms with Crippen molar-refractivity contribution >= 4 is 19.9 Å². The van der Waals surface area contributed by atoms with Crippen molar-refractivity contribution in [3.63, 3.8) is 0 Å². The molecule has 0 saturated carbocycles. The molecule has 7 heteroatoms. The van der Waals surface area contributed by atoms with Gasteiger partial charge in [-0.25, -0.2) is 16.8 Å². The van der Waals surface area contributed by atoms with Crippen molar-refractivity contribution in [2.45, 2.75) is 37.8 Å². The van der Waals surface area contributed by atoms with Crippen molar-refractivity contribution in [2.24, 2.45) is 5.92 Å². The van der Waals surface area contributed by atoms with Crippen LogP contribution in [0.3, 0.4) is 0 Å². The van der Waals surface area contributed by atoms with Crippen molar-refractivity contribution in [3.05, 3.63) is 29.3 Å². The Morgan fingerprint density at radius 2 is 1.68 bits per heavy atom. The molecule has 2 rings (SSSR count). The summed E-state index contributed by atoms with van der Waals surface area (Å²) in [7, 11) is -6.81. The minimum Gasteiger partial charge on any atom is -0.228 e. The van der Waals surface area contributed by atoms with Gasteiger partial charge in [-0.2, -0.15) is 4.31 Å². The molecule has 1 saturated heterocycles. The predicted octanol–water partition coefficient (Wildman–Crippen LogP) is 1.75. The third-order valence-electron chi connectivity index (χ3n) is 4.00. The molecule has 0 aromatic heterocycles. The first-order valence-corrected chi connectivity index (χ1v) is 10.5. The highest BCUT2D eigenvalue weighted by Gasteiger charge is 2.43. The van der Waals surface area contributed by atoms with Gasteiger partial charge in [0.05, 0.1) is 15.9 Å². The Hall–Kier alpha value is -0.920. The van der Waals surface area contributed by atoms with E-state index < -0.39 is 25.1 Å². The maximum atomic E-state index is 12.5. The van der Waals surface area contributed by atoms with E-state index in [4.69, 9.17) is 0 Å². The van der Waals surface area contributed by atoms with Crippen LogP contribution in [0.1, 0.15) is 25.0 Å². The van der Waals surface area contributed by atoms with Gasteiger partial charge in [0, 0.05) is 13.1 Å². The summed E-state index contributed by atoms with van der Waals surface area (Å²) >= 11 is 0. The van der Waals surface area contributed by atoms with Crippen LogP contribution in [0.25, 0.3) is 0 Å². The predicted molar refractivity (Wildman–Crippen MR) is 87.1 cm³/mol. The Morgan fingerprint density at radius 3 is 2.18 bits per heavy atom. The third-order valence-corrected chi connectivity index (χ3v) is 8.28. The molecule has 0 atom stereocenters. The number of sulfonamides is 1. The monoisotopic (exact) mass is 345 g/mol. The van der Waals surface area contributed by atoms with E-state index in [1.807, 2.05) is 27.7 Å². The molecular weight excluding hydrogens is 322 g/mol. The smallest absolute Gasteiger partial charge is 0.228 e. The first-order valence-electron chi connectivity index (χ1n) is 7.33. The van der Waals surface area contributed by atoms with Crippen LogP contribution in [-0.4, -0.2) is 45.2 Å². The molecule has 1 aromatic rings. The van der Waals surface area contributed by atoms with Crippen LogP contribution in [-0.2, 0) is 19.9 Å². The lowest BCUT2D eigenvalue weighted by Gasteiger charge is -2.37. The van der Waals surface area contributed by atoms with Gasteiger partial charge in [-0.3, -0.25) is 0 Å². The van der Waals surface area contributed by atoms with Crippen LogP contribution in [0.4, 0.5) is 0 Å². The molecule has 1 aliphatic heterocycles. The van der Waals surface area contributed by atoms with Crippen LogP contribution >= 0.6 is 0 Å². The molecule has 0 bridgehead atoms. The molecule has 0 unspecified atom stereocenters. The van der Waals surface area contributed by atoms with E-state index in [0.29, 0.717) is 0 Å². The lowest BCUT2D eigenvalue weighted by Crippen LogP contribution is -2.57. The topological polar surface area (TPSA) is 71.5 Å². The summed E-state index contributed by atoms with van der Waals surface area (Å²) in [6.07, 6.45) is 0. The van der Waals surface area contributed by atoms with Gasteiger partial charge in [0.1, 0.15) is 0 Å². The molecule has 0 N–H and O–H groups in total. The lowest BCUT2D eigenvalue weighted by molar-refractivity contribution is 0.309. The summed E-state index contributed by atoms with van der Waals surface area (Å²) in [5.41, 5.74) is 1.94. The van der Waals surface area contributed by atoms with E-state index in [-0.39, 0.29) is 29.7 Å². The van der Waals surface area contributed by atoms with Gasteiger partial charge >= 0.3 is 0 Å². The second-order valence-electron chi connectivity index (χ2n) is 6.41. The number of benzene rings is 1. The third kappa shape index (κ3) is 3.36. The quantitative estimate of drug-likeness (QED) is 0.815. The van der Waals surface area contributed by atoms with Gasteiger partial charge in [-0.05, 0) is 43.0 Å². The normalized spacial score (nSPS) is 17.7. The average molecular weight is 345 g/mol. The van der Waals surface area contributed by atoms with Crippen molar-refractivity contribution < 1.29 is 16.8 Å². The van der Waals surface area contributed by atoms with Gasteiger partial charge in [0.15, 0.2) is 9.84 Å². The molecule has 0 radical (unpaired) electrons. The van der Waals surface area contributed by atoms with Crippen molar-refractivity contribution in [1.29, 1.82) is 0 Å². The number of hydrogen-bond acceptors (Lipinski definition) is 4. The standard InChI is InChI=1S/C15H23NO4S2/c1-11(2)10-21(17,18)15-8-16(9-15)22(19,20)14-6-5-12(3)13(4)7-14/h5-7,11,15H,8-10H2,1-4H3. The van der Waals surface area contributed by atoms with E-state index >= 15 is 0 Å². The van der Waals surface area contributed by atoms with Crippen LogP contribution < -0.4 is 0 Å². The van der Waals surface area contributed by atoms with Gasteiger partial charge in [-0.15, -0.1) is 0 Å². The fourth-order valence-electron chi connectivity index (χ4n) is 2.45. The molecule has 1 fully saturated rings. The number of hydrogen-bond donors (Lipinski definition) is 0. The zero-order chi connectivity index (χ0) is 16.7. The van der Waals surface area contributed by atoms with Crippen molar-refractivity contribution in [3.8, 4) is 0 Å². The maximum Gasteiger partial charge on any atom is 0.243 e.